The summed E-state index contributed by atoms with van der Waals surface area (Å²) >= 11 is 0. The number of hydrogen-bond acceptors (Lipinski definition) is 3. The van der Waals surface area contributed by atoms with Crippen LogP contribution in [0.5, 0.6) is 0 Å². The monoisotopic (exact) mass is 229 g/mol. The van der Waals surface area contributed by atoms with Crippen LogP contribution in [0.3, 0.4) is 0 Å². The quantitative estimate of drug-likeness (QED) is 0.739. The second-order valence-corrected chi connectivity index (χ2v) is 3.53. The lowest BCUT2D eigenvalue weighted by Crippen LogP contribution is -1.90. The number of benzene rings is 1. The second kappa shape index (κ2) is 4.18. The topological polar surface area (TPSA) is 58.7 Å². The predicted octanol–water partition coefficient (Wildman–Crippen LogP) is 1.91. The van der Waals surface area contributed by atoms with Crippen LogP contribution in [0.25, 0.3) is 11.3 Å². The van der Waals surface area contributed by atoms with Crippen molar-refractivity contribution in [1.82, 2.24) is 9.78 Å². The van der Waals surface area contributed by atoms with E-state index >= 15 is 0 Å². The van der Waals surface area contributed by atoms with Crippen molar-refractivity contribution in [2.24, 2.45) is 7.05 Å². The van der Waals surface area contributed by atoms with Crippen LogP contribution in [0.2, 0.25) is 0 Å². The molecule has 0 fully saturated rings. The standard InChI is InChI=1S/C12H8FN3O/c1-16-6-10(7-17)12(15-16)8-2-3-9(5-14)11(13)4-8/h2-4,6-7H,1H3. The summed E-state index contributed by atoms with van der Waals surface area (Å²) in [4.78, 5) is 10.8. The van der Waals surface area contributed by atoms with Crippen LogP contribution >= 0.6 is 0 Å². The minimum atomic E-state index is -0.618. The van der Waals surface area contributed by atoms with Crippen molar-refractivity contribution in [2.45, 2.75) is 0 Å². The molecule has 1 aromatic carbocycles. The minimum Gasteiger partial charge on any atom is -0.298 e. The van der Waals surface area contributed by atoms with Gasteiger partial charge in [0.25, 0.3) is 0 Å². The molecule has 0 spiro atoms. The van der Waals surface area contributed by atoms with E-state index in [4.69, 9.17) is 5.26 Å². The maximum Gasteiger partial charge on any atom is 0.153 e. The van der Waals surface area contributed by atoms with Gasteiger partial charge in [-0.25, -0.2) is 4.39 Å². The highest BCUT2D eigenvalue weighted by Crippen LogP contribution is 2.22. The van der Waals surface area contributed by atoms with Crippen molar-refractivity contribution in [1.29, 1.82) is 5.26 Å². The number of aldehydes is 1. The average molecular weight is 229 g/mol. The second-order valence-electron chi connectivity index (χ2n) is 3.53. The van der Waals surface area contributed by atoms with Gasteiger partial charge >= 0.3 is 0 Å². The molecule has 1 aromatic heterocycles. The molecule has 0 unspecified atom stereocenters. The SMILES string of the molecule is Cn1cc(C=O)c(-c2ccc(C#N)c(F)c2)n1. The molecule has 0 atom stereocenters. The molecule has 0 aliphatic carbocycles. The molecule has 0 bridgehead atoms. The van der Waals surface area contributed by atoms with Gasteiger partial charge in [0.05, 0.1) is 11.1 Å². The molecule has 2 aromatic rings. The first-order valence-electron chi connectivity index (χ1n) is 4.84. The summed E-state index contributed by atoms with van der Waals surface area (Å²) < 4.78 is 14.9. The molecule has 0 N–H and O–H groups in total. The van der Waals surface area contributed by atoms with E-state index in [1.165, 1.54) is 16.8 Å². The fraction of sp³-hybridized carbons (Fsp3) is 0.0833. The maximum absolute atomic E-state index is 13.4. The van der Waals surface area contributed by atoms with Gasteiger partial charge in [0, 0.05) is 18.8 Å². The van der Waals surface area contributed by atoms with E-state index in [1.807, 2.05) is 0 Å². The molecule has 0 saturated carbocycles. The molecule has 4 nitrogen and oxygen atoms in total. The largest absolute Gasteiger partial charge is 0.298 e. The van der Waals surface area contributed by atoms with Gasteiger partial charge in [0.15, 0.2) is 6.29 Å². The highest BCUT2D eigenvalue weighted by molar-refractivity contribution is 5.85. The van der Waals surface area contributed by atoms with Gasteiger partial charge < -0.3 is 0 Å². The Balaban J connectivity index is 2.57. The van der Waals surface area contributed by atoms with E-state index in [9.17, 15) is 9.18 Å². The zero-order valence-corrected chi connectivity index (χ0v) is 9.01. The molecule has 0 aliphatic rings. The molecular formula is C12H8FN3O. The Hall–Kier alpha value is -2.48. The van der Waals surface area contributed by atoms with Crippen molar-refractivity contribution >= 4 is 6.29 Å². The first-order chi connectivity index (χ1) is 8.15. The number of rotatable bonds is 2. The summed E-state index contributed by atoms with van der Waals surface area (Å²) in [5.41, 5.74) is 1.24. The van der Waals surface area contributed by atoms with E-state index in [0.717, 1.165) is 0 Å². The van der Waals surface area contributed by atoms with E-state index in [2.05, 4.69) is 5.10 Å². The van der Waals surface area contributed by atoms with Crippen LogP contribution in [0.4, 0.5) is 4.39 Å². The Labute approximate surface area is 96.9 Å². The molecule has 1 heterocycles. The lowest BCUT2D eigenvalue weighted by molar-refractivity contribution is 0.112. The number of halogens is 1. The van der Waals surface area contributed by atoms with Gasteiger partial charge in [-0.15, -0.1) is 0 Å². The summed E-state index contributed by atoms with van der Waals surface area (Å²) in [6, 6.07) is 5.88. The lowest BCUT2D eigenvalue weighted by Gasteiger charge is -1.99. The smallest absolute Gasteiger partial charge is 0.153 e. The van der Waals surface area contributed by atoms with E-state index < -0.39 is 5.82 Å². The Bertz CT molecular complexity index is 625. The average Bonchev–Trinajstić information content (AvgIpc) is 2.70. The Morgan fingerprint density at radius 2 is 2.29 bits per heavy atom. The third-order valence-corrected chi connectivity index (χ3v) is 2.35. The van der Waals surface area contributed by atoms with E-state index in [-0.39, 0.29) is 5.56 Å². The third-order valence-electron chi connectivity index (χ3n) is 2.35. The number of carbonyl (C=O) groups is 1. The summed E-state index contributed by atoms with van der Waals surface area (Å²) in [6.07, 6.45) is 2.22. The number of hydrogen-bond donors (Lipinski definition) is 0. The fourth-order valence-corrected chi connectivity index (χ4v) is 1.57. The van der Waals surface area contributed by atoms with E-state index in [1.54, 1.807) is 25.4 Å². The zero-order chi connectivity index (χ0) is 12.4. The molecule has 5 heteroatoms. The van der Waals surface area contributed by atoms with Crippen molar-refractivity contribution in [3.63, 3.8) is 0 Å². The predicted molar refractivity (Wildman–Crippen MR) is 58.7 cm³/mol. The highest BCUT2D eigenvalue weighted by atomic mass is 19.1. The lowest BCUT2D eigenvalue weighted by atomic mass is 10.1. The minimum absolute atomic E-state index is 0.0302. The Kier molecular flexibility index (Phi) is 2.71. The summed E-state index contributed by atoms with van der Waals surface area (Å²) in [7, 11) is 1.68. The van der Waals surface area contributed by atoms with Crippen LogP contribution < -0.4 is 0 Å². The number of carbonyl (C=O) groups excluding carboxylic acids is 1. The van der Waals surface area contributed by atoms with Crippen LogP contribution in [-0.2, 0) is 7.05 Å². The van der Waals surface area contributed by atoms with Gasteiger partial charge in [-0.1, -0.05) is 6.07 Å². The fourth-order valence-electron chi connectivity index (χ4n) is 1.57. The van der Waals surface area contributed by atoms with Gasteiger partial charge in [-0.3, -0.25) is 9.48 Å². The number of nitriles is 1. The van der Waals surface area contributed by atoms with Crippen molar-refractivity contribution < 1.29 is 9.18 Å². The molecule has 84 valence electrons. The van der Waals surface area contributed by atoms with Crippen molar-refractivity contribution in [2.75, 3.05) is 0 Å². The van der Waals surface area contributed by atoms with Crippen LogP contribution in [0, 0.1) is 17.1 Å². The maximum atomic E-state index is 13.4. The number of aromatic nitrogens is 2. The molecule has 0 saturated heterocycles. The Morgan fingerprint density at radius 3 is 2.88 bits per heavy atom. The summed E-state index contributed by atoms with van der Waals surface area (Å²) in [5.74, 6) is -0.618. The molecule has 2 rings (SSSR count). The molecule has 17 heavy (non-hydrogen) atoms. The van der Waals surface area contributed by atoms with Crippen molar-refractivity contribution in [3.8, 4) is 17.3 Å². The van der Waals surface area contributed by atoms with Crippen LogP contribution in [-0.4, -0.2) is 16.1 Å². The van der Waals surface area contributed by atoms with Crippen molar-refractivity contribution in [3.05, 3.63) is 41.3 Å². The number of nitrogens with zero attached hydrogens (tertiary/aromatic N) is 3. The zero-order valence-electron chi connectivity index (χ0n) is 9.01. The summed E-state index contributed by atoms with van der Waals surface area (Å²) in [6.45, 7) is 0. The number of aryl methyl sites for hydroxylation is 1. The summed E-state index contributed by atoms with van der Waals surface area (Å²) in [5, 5.41) is 12.7. The molecular weight excluding hydrogens is 221 g/mol. The van der Waals surface area contributed by atoms with Gasteiger partial charge in [-0.2, -0.15) is 10.4 Å². The highest BCUT2D eigenvalue weighted by Gasteiger charge is 2.11. The van der Waals surface area contributed by atoms with Gasteiger partial charge in [0.1, 0.15) is 17.6 Å². The van der Waals surface area contributed by atoms with Gasteiger partial charge in [-0.05, 0) is 12.1 Å². The molecule has 0 amide bonds. The molecule has 0 aliphatic heterocycles. The van der Waals surface area contributed by atoms with Gasteiger partial charge in [0.2, 0.25) is 0 Å². The normalized spacial score (nSPS) is 9.94. The van der Waals surface area contributed by atoms with Crippen LogP contribution in [0.1, 0.15) is 15.9 Å². The Morgan fingerprint density at radius 1 is 1.53 bits per heavy atom. The first-order valence-corrected chi connectivity index (χ1v) is 4.84. The third kappa shape index (κ3) is 1.93. The molecule has 0 radical (unpaired) electrons. The van der Waals surface area contributed by atoms with Crippen LogP contribution in [0.15, 0.2) is 24.4 Å². The van der Waals surface area contributed by atoms with E-state index in [0.29, 0.717) is 23.1 Å². The first kappa shape index (κ1) is 11.0.